The maximum Gasteiger partial charge on any atom is 0.128 e. The molecule has 6 nitrogen and oxygen atoms in total. The van der Waals surface area contributed by atoms with Crippen LogP contribution in [0.5, 0.6) is 11.5 Å². The van der Waals surface area contributed by atoms with E-state index in [0.29, 0.717) is 6.54 Å². The Hall–Kier alpha value is -3.55. The molecule has 0 saturated carbocycles. The lowest BCUT2D eigenvalue weighted by molar-refractivity contribution is 0.404. The summed E-state index contributed by atoms with van der Waals surface area (Å²) in [5, 5.41) is 4.70. The third-order valence-electron chi connectivity index (χ3n) is 6.06. The zero-order valence-corrected chi connectivity index (χ0v) is 20.9. The largest absolute Gasteiger partial charge is 0.497 e. The van der Waals surface area contributed by atoms with Crippen LogP contribution in [0.1, 0.15) is 11.4 Å². The van der Waals surface area contributed by atoms with Crippen LogP contribution in [0, 0.1) is 0 Å². The van der Waals surface area contributed by atoms with Crippen LogP contribution in [-0.4, -0.2) is 42.0 Å². The Morgan fingerprint density at radius 1 is 0.914 bits per heavy atom. The molecule has 2 heterocycles. The minimum Gasteiger partial charge on any atom is -0.497 e. The molecule has 7 heteroatoms. The molecule has 5 rings (SSSR count). The minimum absolute atomic E-state index is 0.670. The van der Waals surface area contributed by atoms with Crippen LogP contribution >= 0.6 is 11.8 Å². The number of methoxy groups -OCH3 is 2. The zero-order chi connectivity index (χ0) is 24.2. The number of pyridine rings is 1. The van der Waals surface area contributed by atoms with Crippen molar-refractivity contribution >= 4 is 33.7 Å². The van der Waals surface area contributed by atoms with Gasteiger partial charge in [-0.1, -0.05) is 18.2 Å². The van der Waals surface area contributed by atoms with Gasteiger partial charge in [-0.3, -0.25) is 0 Å². The van der Waals surface area contributed by atoms with Crippen LogP contribution in [-0.2, 0) is 13.0 Å². The fourth-order valence-electron chi connectivity index (χ4n) is 4.24. The number of para-hydroxylation sites is 2. The highest BCUT2D eigenvalue weighted by atomic mass is 32.2. The molecule has 2 aromatic heterocycles. The van der Waals surface area contributed by atoms with Gasteiger partial charge in [-0.2, -0.15) is 0 Å². The molecular formula is C28H28N4O2S. The van der Waals surface area contributed by atoms with Gasteiger partial charge in [0.15, 0.2) is 0 Å². The Morgan fingerprint density at radius 2 is 1.80 bits per heavy atom. The monoisotopic (exact) mass is 484 g/mol. The molecule has 0 saturated heterocycles. The number of imidazole rings is 1. The summed E-state index contributed by atoms with van der Waals surface area (Å²) < 4.78 is 11.2. The molecule has 0 atom stereocenters. The van der Waals surface area contributed by atoms with Crippen LogP contribution in [0.25, 0.3) is 33.2 Å². The fourth-order valence-corrected chi connectivity index (χ4v) is 4.67. The van der Waals surface area contributed by atoms with Gasteiger partial charge in [0.25, 0.3) is 0 Å². The summed E-state index contributed by atoms with van der Waals surface area (Å²) in [6, 6.07) is 22.6. The quantitative estimate of drug-likeness (QED) is 0.202. The number of hydrogen-bond donors (Lipinski definition) is 2. The average Bonchev–Trinajstić information content (AvgIpc) is 3.33. The van der Waals surface area contributed by atoms with Gasteiger partial charge >= 0.3 is 0 Å². The first-order valence-corrected chi connectivity index (χ1v) is 12.8. The van der Waals surface area contributed by atoms with Crippen LogP contribution < -0.4 is 14.8 Å². The van der Waals surface area contributed by atoms with E-state index < -0.39 is 0 Å². The zero-order valence-electron chi connectivity index (χ0n) is 20.1. The van der Waals surface area contributed by atoms with Gasteiger partial charge in [0, 0.05) is 35.4 Å². The summed E-state index contributed by atoms with van der Waals surface area (Å²) >= 11 is 1.71. The summed E-state index contributed by atoms with van der Waals surface area (Å²) in [6.07, 6.45) is 2.89. The topological polar surface area (TPSA) is 72.1 Å². The first-order chi connectivity index (χ1) is 17.2. The number of fused-ring (bicyclic) bond motifs is 2. The van der Waals surface area contributed by atoms with Crippen molar-refractivity contribution in [1.29, 1.82) is 0 Å². The third-order valence-corrected chi connectivity index (χ3v) is 6.78. The number of hydrogen-bond acceptors (Lipinski definition) is 6. The second-order valence-electron chi connectivity index (χ2n) is 8.25. The lowest BCUT2D eigenvalue weighted by Gasteiger charge is -2.16. The summed E-state index contributed by atoms with van der Waals surface area (Å²) in [7, 11) is 3.36. The molecule has 0 aliphatic heterocycles. The third kappa shape index (κ3) is 4.97. The molecule has 0 radical (unpaired) electrons. The van der Waals surface area contributed by atoms with Crippen LogP contribution in [0.3, 0.4) is 0 Å². The fraction of sp³-hybridized carbons (Fsp3) is 0.214. The summed E-state index contributed by atoms with van der Waals surface area (Å²) in [4.78, 5) is 14.4. The summed E-state index contributed by atoms with van der Waals surface area (Å²) in [6.45, 7) is 1.46. The molecule has 5 aromatic rings. The van der Waals surface area contributed by atoms with Crippen molar-refractivity contribution in [3.8, 4) is 22.8 Å². The summed E-state index contributed by atoms with van der Waals surface area (Å²) in [5.74, 6) is 2.51. The highest BCUT2D eigenvalue weighted by Gasteiger charge is 2.15. The number of rotatable bonds is 9. The number of nitrogens with zero attached hydrogens (tertiary/aromatic N) is 2. The molecule has 178 valence electrons. The lowest BCUT2D eigenvalue weighted by Crippen LogP contribution is -2.18. The van der Waals surface area contributed by atoms with E-state index in [1.165, 1.54) is 4.90 Å². The minimum atomic E-state index is 0.670. The number of benzene rings is 3. The van der Waals surface area contributed by atoms with Crippen molar-refractivity contribution in [2.45, 2.75) is 17.9 Å². The number of nitrogens with one attached hydrogen (secondary N) is 2. The van der Waals surface area contributed by atoms with E-state index in [2.05, 4.69) is 51.9 Å². The van der Waals surface area contributed by atoms with Gasteiger partial charge < -0.3 is 19.8 Å². The van der Waals surface area contributed by atoms with Gasteiger partial charge in [-0.15, -0.1) is 11.8 Å². The first-order valence-electron chi connectivity index (χ1n) is 11.5. The van der Waals surface area contributed by atoms with Gasteiger partial charge in [0.2, 0.25) is 0 Å². The predicted molar refractivity (Wildman–Crippen MR) is 144 cm³/mol. The SMILES string of the molecule is COc1ccc(OC)c(-c2nc3cc(SC)ccc3cc2CNCCc2nc3ccccc3[nH]2)c1. The van der Waals surface area contributed by atoms with Gasteiger partial charge in [0.05, 0.1) is 36.5 Å². The van der Waals surface area contributed by atoms with E-state index in [-0.39, 0.29) is 0 Å². The average molecular weight is 485 g/mol. The van der Waals surface area contributed by atoms with Crippen LogP contribution in [0.2, 0.25) is 0 Å². The Labute approximate surface area is 209 Å². The highest BCUT2D eigenvalue weighted by Crippen LogP contribution is 2.36. The summed E-state index contributed by atoms with van der Waals surface area (Å²) in [5.41, 5.74) is 5.94. The number of aromatic amines is 1. The van der Waals surface area contributed by atoms with Crippen molar-refractivity contribution in [2.24, 2.45) is 0 Å². The number of ether oxygens (including phenoxy) is 2. The maximum absolute atomic E-state index is 5.69. The van der Waals surface area contributed by atoms with Gasteiger partial charge in [0.1, 0.15) is 17.3 Å². The first kappa shape index (κ1) is 23.2. The Bertz CT molecular complexity index is 1450. The Kier molecular flexibility index (Phi) is 6.88. The molecule has 0 fully saturated rings. The van der Waals surface area contributed by atoms with Gasteiger partial charge in [-0.25, -0.2) is 9.97 Å². The van der Waals surface area contributed by atoms with E-state index >= 15 is 0 Å². The second-order valence-corrected chi connectivity index (χ2v) is 9.13. The Balaban J connectivity index is 1.45. The molecule has 0 spiro atoms. The standard InChI is InChI=1S/C28H28N4O2S/c1-33-20-9-11-26(34-2)22(15-20)28-19(14-18-8-10-21(35-3)16-25(18)32-28)17-29-13-12-27-30-23-6-4-5-7-24(23)31-27/h4-11,14-16,29H,12-13,17H2,1-3H3,(H,30,31). The van der Waals surface area contributed by atoms with E-state index in [0.717, 1.165) is 69.0 Å². The maximum atomic E-state index is 5.69. The van der Waals surface area contributed by atoms with E-state index in [1.54, 1.807) is 26.0 Å². The Morgan fingerprint density at radius 3 is 2.60 bits per heavy atom. The number of thioether (sulfide) groups is 1. The smallest absolute Gasteiger partial charge is 0.128 e. The van der Waals surface area contributed by atoms with Crippen molar-refractivity contribution in [3.63, 3.8) is 0 Å². The van der Waals surface area contributed by atoms with Crippen molar-refractivity contribution in [2.75, 3.05) is 27.0 Å². The molecule has 0 unspecified atom stereocenters. The van der Waals surface area contributed by atoms with E-state index in [1.807, 2.05) is 36.4 Å². The highest BCUT2D eigenvalue weighted by molar-refractivity contribution is 7.98. The van der Waals surface area contributed by atoms with Crippen LogP contribution in [0.4, 0.5) is 0 Å². The van der Waals surface area contributed by atoms with E-state index in [4.69, 9.17) is 14.5 Å². The molecule has 2 N–H and O–H groups in total. The lowest BCUT2D eigenvalue weighted by atomic mass is 10.0. The van der Waals surface area contributed by atoms with Crippen molar-refractivity contribution < 1.29 is 9.47 Å². The van der Waals surface area contributed by atoms with Gasteiger partial charge in [-0.05, 0) is 60.4 Å². The normalized spacial score (nSPS) is 11.3. The molecule has 0 aliphatic carbocycles. The van der Waals surface area contributed by atoms with Crippen LogP contribution in [0.15, 0.2) is 71.6 Å². The second kappa shape index (κ2) is 10.4. The molecule has 0 bridgehead atoms. The molecule has 35 heavy (non-hydrogen) atoms. The van der Waals surface area contributed by atoms with E-state index in [9.17, 15) is 0 Å². The number of aromatic nitrogens is 3. The van der Waals surface area contributed by atoms with Crippen molar-refractivity contribution in [3.05, 3.63) is 78.1 Å². The predicted octanol–water partition coefficient (Wildman–Crippen LogP) is 5.85. The molecular weight excluding hydrogens is 456 g/mol. The number of H-pyrrole nitrogens is 1. The van der Waals surface area contributed by atoms with Crippen molar-refractivity contribution in [1.82, 2.24) is 20.3 Å². The molecule has 3 aromatic carbocycles. The molecule has 0 aliphatic rings. The molecule has 0 amide bonds.